The minimum Gasteiger partial charge on any atom is -0.493 e. The lowest BCUT2D eigenvalue weighted by atomic mass is 10.1. The monoisotopic (exact) mass is 661 g/mol. The SMILES string of the molecule is CCOC(=O)c1c(NC(=O)C(CC)Sc2cccc(NC(=O)c3ccc(OC)c(OC)c3)c2)sc(C(=O)Nc2ccccc2)c1C. The first-order valence-corrected chi connectivity index (χ1v) is 16.2. The summed E-state index contributed by atoms with van der Waals surface area (Å²) < 4.78 is 15.8. The van der Waals surface area contributed by atoms with Gasteiger partial charge in [-0.25, -0.2) is 4.79 Å². The molecule has 3 aromatic carbocycles. The van der Waals surface area contributed by atoms with Crippen LogP contribution in [0.5, 0.6) is 11.5 Å². The zero-order chi connectivity index (χ0) is 33.2. The lowest BCUT2D eigenvalue weighted by Gasteiger charge is -2.16. The second-order valence-electron chi connectivity index (χ2n) is 9.86. The molecule has 1 unspecified atom stereocenters. The smallest absolute Gasteiger partial charge is 0.341 e. The predicted octanol–water partition coefficient (Wildman–Crippen LogP) is 7.26. The second kappa shape index (κ2) is 16.0. The van der Waals surface area contributed by atoms with Gasteiger partial charge in [0, 0.05) is 21.8 Å². The van der Waals surface area contributed by atoms with E-state index >= 15 is 0 Å². The fourth-order valence-corrected chi connectivity index (χ4v) is 6.59. The van der Waals surface area contributed by atoms with Crippen molar-refractivity contribution in [3.63, 3.8) is 0 Å². The number of carbonyl (C=O) groups excluding carboxylic acids is 4. The number of hydrogen-bond donors (Lipinski definition) is 3. The highest BCUT2D eigenvalue weighted by Crippen LogP contribution is 2.36. The Morgan fingerprint density at radius 1 is 0.804 bits per heavy atom. The van der Waals surface area contributed by atoms with Crippen LogP contribution in [0.25, 0.3) is 0 Å². The molecule has 3 amide bonds. The summed E-state index contributed by atoms with van der Waals surface area (Å²) in [6.07, 6.45) is 0.471. The summed E-state index contributed by atoms with van der Waals surface area (Å²) in [7, 11) is 3.02. The van der Waals surface area contributed by atoms with Crippen LogP contribution in [-0.2, 0) is 9.53 Å². The molecule has 0 saturated heterocycles. The van der Waals surface area contributed by atoms with Gasteiger partial charge in [-0.3, -0.25) is 14.4 Å². The molecule has 0 bridgehead atoms. The van der Waals surface area contributed by atoms with Crippen LogP contribution in [0.3, 0.4) is 0 Å². The molecule has 0 fully saturated rings. The summed E-state index contributed by atoms with van der Waals surface area (Å²) in [5, 5.41) is 8.29. The Labute approximate surface area is 275 Å². The van der Waals surface area contributed by atoms with E-state index in [1.807, 2.05) is 19.1 Å². The number of esters is 1. The summed E-state index contributed by atoms with van der Waals surface area (Å²) in [6, 6.07) is 21.0. The van der Waals surface area contributed by atoms with Crippen LogP contribution >= 0.6 is 23.1 Å². The van der Waals surface area contributed by atoms with E-state index in [1.54, 1.807) is 74.5 Å². The highest BCUT2D eigenvalue weighted by molar-refractivity contribution is 8.00. The summed E-state index contributed by atoms with van der Waals surface area (Å²) in [5.41, 5.74) is 2.12. The zero-order valence-corrected chi connectivity index (χ0v) is 27.7. The van der Waals surface area contributed by atoms with Gasteiger partial charge in [0.05, 0.1) is 36.5 Å². The average Bonchev–Trinajstić information content (AvgIpc) is 3.39. The normalized spacial score (nSPS) is 11.2. The number of ether oxygens (including phenoxy) is 3. The van der Waals surface area contributed by atoms with Gasteiger partial charge in [-0.2, -0.15) is 0 Å². The quantitative estimate of drug-likeness (QED) is 0.101. The molecule has 0 spiro atoms. The summed E-state index contributed by atoms with van der Waals surface area (Å²) in [6.45, 7) is 5.37. The number of methoxy groups -OCH3 is 2. The Morgan fingerprint density at radius 3 is 2.17 bits per heavy atom. The van der Waals surface area contributed by atoms with E-state index in [9.17, 15) is 19.2 Å². The van der Waals surface area contributed by atoms with Crippen LogP contribution in [0.4, 0.5) is 16.4 Å². The van der Waals surface area contributed by atoms with Crippen LogP contribution in [0.1, 0.15) is 56.2 Å². The van der Waals surface area contributed by atoms with Gasteiger partial charge in [0.2, 0.25) is 5.91 Å². The Morgan fingerprint density at radius 2 is 1.50 bits per heavy atom. The first-order valence-electron chi connectivity index (χ1n) is 14.5. The molecule has 0 aliphatic carbocycles. The van der Waals surface area contributed by atoms with Gasteiger partial charge in [-0.05, 0) is 74.4 Å². The average molecular weight is 662 g/mol. The number of nitrogens with one attached hydrogen (secondary N) is 3. The first-order chi connectivity index (χ1) is 22.2. The molecular weight excluding hydrogens is 627 g/mol. The number of amides is 3. The lowest BCUT2D eigenvalue weighted by molar-refractivity contribution is -0.115. The third-order valence-corrected chi connectivity index (χ3v) is 9.34. The number of carbonyl (C=O) groups is 4. The third-order valence-electron chi connectivity index (χ3n) is 6.78. The van der Waals surface area contributed by atoms with E-state index in [2.05, 4.69) is 16.0 Å². The van der Waals surface area contributed by atoms with Crippen molar-refractivity contribution in [2.24, 2.45) is 0 Å². The third kappa shape index (κ3) is 8.26. The van der Waals surface area contributed by atoms with Crippen LogP contribution < -0.4 is 25.4 Å². The molecule has 1 atom stereocenters. The number of thiophene rings is 1. The molecule has 3 N–H and O–H groups in total. The maximum absolute atomic E-state index is 13.6. The van der Waals surface area contributed by atoms with Gasteiger partial charge in [0.25, 0.3) is 11.8 Å². The zero-order valence-electron chi connectivity index (χ0n) is 26.1. The van der Waals surface area contributed by atoms with Gasteiger partial charge in [-0.1, -0.05) is 31.2 Å². The minimum absolute atomic E-state index is 0.138. The van der Waals surface area contributed by atoms with E-state index in [0.717, 1.165) is 16.2 Å². The molecule has 12 heteroatoms. The van der Waals surface area contributed by atoms with Gasteiger partial charge in [-0.15, -0.1) is 23.1 Å². The number of benzene rings is 3. The molecule has 0 aliphatic rings. The van der Waals surface area contributed by atoms with Gasteiger partial charge in [0.1, 0.15) is 5.00 Å². The van der Waals surface area contributed by atoms with E-state index in [1.165, 1.54) is 26.0 Å². The summed E-state index contributed by atoms with van der Waals surface area (Å²) >= 11 is 2.34. The molecule has 46 heavy (non-hydrogen) atoms. The Bertz CT molecular complexity index is 1720. The van der Waals surface area contributed by atoms with Crippen LogP contribution in [0.15, 0.2) is 77.7 Å². The number of thioether (sulfide) groups is 1. The Kier molecular flexibility index (Phi) is 11.8. The molecular formula is C34H35N3O7S2. The van der Waals surface area contributed by atoms with Gasteiger partial charge < -0.3 is 30.2 Å². The van der Waals surface area contributed by atoms with Crippen LogP contribution in [0.2, 0.25) is 0 Å². The number of hydrogen-bond acceptors (Lipinski definition) is 9. The summed E-state index contributed by atoms with van der Waals surface area (Å²) in [4.78, 5) is 53.6. The second-order valence-corrected chi connectivity index (χ2v) is 12.2. The molecule has 4 aromatic rings. The van der Waals surface area contributed by atoms with Crippen molar-refractivity contribution in [2.45, 2.75) is 37.3 Å². The Balaban J connectivity index is 1.50. The van der Waals surface area contributed by atoms with E-state index in [4.69, 9.17) is 14.2 Å². The molecule has 10 nitrogen and oxygen atoms in total. The minimum atomic E-state index is -0.621. The molecule has 0 radical (unpaired) electrons. The molecule has 4 rings (SSSR count). The highest BCUT2D eigenvalue weighted by atomic mass is 32.2. The van der Waals surface area contributed by atoms with Crippen molar-refractivity contribution in [1.82, 2.24) is 0 Å². The highest BCUT2D eigenvalue weighted by Gasteiger charge is 2.28. The van der Waals surface area contributed by atoms with E-state index in [0.29, 0.717) is 45.3 Å². The van der Waals surface area contributed by atoms with Crippen molar-refractivity contribution < 1.29 is 33.4 Å². The van der Waals surface area contributed by atoms with E-state index in [-0.39, 0.29) is 29.0 Å². The van der Waals surface area contributed by atoms with E-state index < -0.39 is 17.1 Å². The van der Waals surface area contributed by atoms with Crippen molar-refractivity contribution in [1.29, 1.82) is 0 Å². The standard InChI is InChI=1S/C34H35N3O7S2/c1-6-27(45-24-15-11-14-23(19-24)36-30(38)21-16-17-25(42-4)26(18-21)43-5)31(39)37-33-28(34(41)44-7-2)20(3)29(46-33)32(40)35-22-12-9-8-10-13-22/h8-19,27H,6-7H2,1-5H3,(H,35,40)(H,36,38)(H,37,39). The van der Waals surface area contributed by atoms with Gasteiger partial charge >= 0.3 is 5.97 Å². The van der Waals surface area contributed by atoms with Crippen LogP contribution in [-0.4, -0.2) is 49.8 Å². The maximum Gasteiger partial charge on any atom is 0.341 e. The number of para-hydroxylation sites is 1. The first kappa shape index (κ1) is 34.1. The fraction of sp³-hybridized carbons (Fsp3) is 0.235. The summed E-state index contributed by atoms with van der Waals surface area (Å²) in [5.74, 6) is -0.738. The van der Waals surface area contributed by atoms with Gasteiger partial charge in [0.15, 0.2) is 11.5 Å². The van der Waals surface area contributed by atoms with Crippen molar-refractivity contribution >= 4 is 63.2 Å². The topological polar surface area (TPSA) is 132 Å². The lowest BCUT2D eigenvalue weighted by Crippen LogP contribution is -2.25. The maximum atomic E-state index is 13.6. The van der Waals surface area contributed by atoms with Crippen LogP contribution in [0, 0.1) is 6.92 Å². The fourth-order valence-electron chi connectivity index (χ4n) is 4.48. The van der Waals surface area contributed by atoms with Crippen molar-refractivity contribution in [2.75, 3.05) is 36.8 Å². The van der Waals surface area contributed by atoms with Crippen molar-refractivity contribution in [3.05, 3.63) is 94.4 Å². The predicted molar refractivity (Wildman–Crippen MR) is 182 cm³/mol. The molecule has 0 saturated carbocycles. The van der Waals surface area contributed by atoms with Crippen molar-refractivity contribution in [3.8, 4) is 11.5 Å². The molecule has 240 valence electrons. The Hall–Kier alpha value is -4.81. The molecule has 1 aromatic heterocycles. The molecule has 1 heterocycles. The number of anilines is 3. The molecule has 0 aliphatic heterocycles. The number of rotatable bonds is 13. The largest absolute Gasteiger partial charge is 0.493 e.